The number of phenolic OH excluding ortho intramolecular Hbond substituents is 2. The van der Waals surface area contributed by atoms with Crippen LogP contribution in [0.15, 0.2) is 17.0 Å². The SMILES string of the molecule is CN(NO)c1cc(O)c(O)cc1S. The number of anilines is 1. The van der Waals surface area contributed by atoms with Crippen LogP contribution < -0.4 is 10.6 Å². The molecule has 0 aromatic heterocycles. The molecule has 5 nitrogen and oxygen atoms in total. The first-order valence-corrected chi connectivity index (χ1v) is 3.89. The molecule has 6 heteroatoms. The number of hydrogen-bond donors (Lipinski definition) is 5. The highest BCUT2D eigenvalue weighted by Crippen LogP contribution is 2.34. The largest absolute Gasteiger partial charge is 0.504 e. The Morgan fingerprint density at radius 3 is 2.38 bits per heavy atom. The molecule has 0 saturated heterocycles. The second-order valence-electron chi connectivity index (χ2n) is 2.49. The van der Waals surface area contributed by atoms with Gasteiger partial charge in [-0.05, 0) is 6.07 Å². The molecule has 0 radical (unpaired) electrons. The Bertz CT molecular complexity index is 319. The maximum Gasteiger partial charge on any atom is 0.159 e. The molecule has 1 rings (SSSR count). The predicted octanol–water partition coefficient (Wildman–Crippen LogP) is 0.716. The van der Waals surface area contributed by atoms with E-state index in [-0.39, 0.29) is 11.5 Å². The zero-order chi connectivity index (χ0) is 10.0. The number of thiol groups is 1. The van der Waals surface area contributed by atoms with Crippen LogP contribution in [0.25, 0.3) is 0 Å². The van der Waals surface area contributed by atoms with E-state index in [0.29, 0.717) is 10.6 Å². The molecule has 4 N–H and O–H groups in total. The van der Waals surface area contributed by atoms with E-state index >= 15 is 0 Å². The van der Waals surface area contributed by atoms with Crippen LogP contribution in [0.5, 0.6) is 11.5 Å². The predicted molar refractivity (Wildman–Crippen MR) is 50.3 cm³/mol. The second-order valence-corrected chi connectivity index (χ2v) is 2.97. The highest BCUT2D eigenvalue weighted by molar-refractivity contribution is 7.80. The van der Waals surface area contributed by atoms with Crippen LogP contribution in [0.2, 0.25) is 0 Å². The lowest BCUT2D eigenvalue weighted by Crippen LogP contribution is -2.31. The first-order valence-electron chi connectivity index (χ1n) is 3.44. The Balaban J connectivity index is 3.15. The van der Waals surface area contributed by atoms with Crippen molar-refractivity contribution in [1.82, 2.24) is 5.59 Å². The molecule has 0 aliphatic rings. The Kier molecular flexibility index (Phi) is 2.86. The minimum atomic E-state index is -0.269. The van der Waals surface area contributed by atoms with Gasteiger partial charge in [-0.2, -0.15) is 0 Å². The van der Waals surface area contributed by atoms with Gasteiger partial charge >= 0.3 is 0 Å². The second kappa shape index (κ2) is 3.73. The van der Waals surface area contributed by atoms with Crippen LogP contribution in [0.4, 0.5) is 5.69 Å². The van der Waals surface area contributed by atoms with Crippen molar-refractivity contribution in [2.45, 2.75) is 4.90 Å². The van der Waals surface area contributed by atoms with Gasteiger partial charge in [-0.1, -0.05) is 0 Å². The standard InChI is InChI=1S/C7H10N2O3S/c1-9(8-12)4-2-5(10)6(11)3-7(4)13/h2-3,8,10-13H,1H3. The van der Waals surface area contributed by atoms with Gasteiger partial charge < -0.3 is 10.2 Å². The summed E-state index contributed by atoms with van der Waals surface area (Å²) in [6.45, 7) is 0. The normalized spacial score (nSPS) is 10.1. The van der Waals surface area contributed by atoms with E-state index in [1.165, 1.54) is 24.2 Å². The maximum atomic E-state index is 9.15. The van der Waals surface area contributed by atoms with Crippen molar-refractivity contribution in [2.75, 3.05) is 12.1 Å². The third-order valence-corrected chi connectivity index (χ3v) is 1.94. The number of aromatic hydroxyl groups is 2. The average molecular weight is 202 g/mol. The first-order chi connectivity index (χ1) is 6.06. The van der Waals surface area contributed by atoms with E-state index in [0.717, 1.165) is 0 Å². The first kappa shape index (κ1) is 9.97. The van der Waals surface area contributed by atoms with Gasteiger partial charge in [0, 0.05) is 18.0 Å². The molecule has 0 aliphatic carbocycles. The van der Waals surface area contributed by atoms with Crippen molar-refractivity contribution in [3.63, 3.8) is 0 Å². The fraction of sp³-hybridized carbons (Fsp3) is 0.143. The summed E-state index contributed by atoms with van der Waals surface area (Å²) in [6.07, 6.45) is 0. The zero-order valence-electron chi connectivity index (χ0n) is 6.89. The van der Waals surface area contributed by atoms with E-state index in [1.54, 1.807) is 0 Å². The Hall–Kier alpha value is -1.11. The minimum absolute atomic E-state index is 0.250. The molecule has 1 aromatic rings. The van der Waals surface area contributed by atoms with Gasteiger partial charge in [0.15, 0.2) is 11.5 Å². The fourth-order valence-electron chi connectivity index (χ4n) is 0.877. The van der Waals surface area contributed by atoms with Gasteiger partial charge in [0.1, 0.15) is 0 Å². The van der Waals surface area contributed by atoms with Crippen LogP contribution in [-0.2, 0) is 0 Å². The number of rotatable bonds is 2. The number of nitrogens with zero attached hydrogens (tertiary/aromatic N) is 1. The van der Waals surface area contributed by atoms with E-state index in [9.17, 15) is 0 Å². The Morgan fingerprint density at radius 2 is 1.85 bits per heavy atom. The molecule has 0 aliphatic heterocycles. The molecule has 0 fully saturated rings. The van der Waals surface area contributed by atoms with Crippen LogP contribution >= 0.6 is 12.6 Å². The molecule has 13 heavy (non-hydrogen) atoms. The monoisotopic (exact) mass is 202 g/mol. The van der Waals surface area contributed by atoms with Gasteiger partial charge in [-0.15, -0.1) is 18.2 Å². The lowest BCUT2D eigenvalue weighted by Gasteiger charge is -2.18. The molecular weight excluding hydrogens is 192 g/mol. The molecule has 0 spiro atoms. The summed E-state index contributed by atoms with van der Waals surface area (Å²) in [5.41, 5.74) is 2.31. The molecular formula is C7H10N2O3S. The smallest absolute Gasteiger partial charge is 0.159 e. The van der Waals surface area contributed by atoms with Gasteiger partial charge in [0.2, 0.25) is 0 Å². The third kappa shape index (κ3) is 1.97. The number of benzene rings is 1. The molecule has 0 unspecified atom stereocenters. The number of nitrogens with one attached hydrogen (secondary N) is 1. The molecule has 0 amide bonds. The van der Waals surface area contributed by atoms with Crippen LogP contribution in [0.1, 0.15) is 0 Å². The van der Waals surface area contributed by atoms with E-state index < -0.39 is 0 Å². The average Bonchev–Trinajstić information content (AvgIpc) is 2.10. The maximum absolute atomic E-state index is 9.15. The zero-order valence-corrected chi connectivity index (χ0v) is 7.79. The van der Waals surface area contributed by atoms with Crippen molar-refractivity contribution < 1.29 is 15.4 Å². The number of hydrogen-bond acceptors (Lipinski definition) is 6. The fourth-order valence-corrected chi connectivity index (χ4v) is 1.21. The van der Waals surface area contributed by atoms with E-state index in [1.807, 2.05) is 5.59 Å². The highest BCUT2D eigenvalue weighted by Gasteiger charge is 2.08. The van der Waals surface area contributed by atoms with Gasteiger partial charge in [-0.3, -0.25) is 10.2 Å². The molecule has 0 atom stereocenters. The number of hydrazine groups is 1. The van der Waals surface area contributed by atoms with Crippen molar-refractivity contribution in [2.24, 2.45) is 0 Å². The summed E-state index contributed by atoms with van der Waals surface area (Å²) < 4.78 is 0. The van der Waals surface area contributed by atoms with E-state index in [4.69, 9.17) is 15.4 Å². The van der Waals surface area contributed by atoms with Gasteiger partial charge in [-0.25, -0.2) is 0 Å². The lowest BCUT2D eigenvalue weighted by molar-refractivity contribution is 0.160. The van der Waals surface area contributed by atoms with Crippen LogP contribution in [0, 0.1) is 0 Å². The molecule has 0 saturated carbocycles. The molecule has 72 valence electrons. The van der Waals surface area contributed by atoms with Crippen molar-refractivity contribution in [3.05, 3.63) is 12.1 Å². The van der Waals surface area contributed by atoms with Crippen LogP contribution in [-0.4, -0.2) is 22.5 Å². The van der Waals surface area contributed by atoms with Crippen molar-refractivity contribution in [1.29, 1.82) is 0 Å². The van der Waals surface area contributed by atoms with E-state index in [2.05, 4.69) is 12.6 Å². The molecule has 0 heterocycles. The summed E-state index contributed by atoms with van der Waals surface area (Å²) in [7, 11) is 1.53. The Morgan fingerprint density at radius 1 is 1.31 bits per heavy atom. The van der Waals surface area contributed by atoms with Crippen molar-refractivity contribution in [3.8, 4) is 11.5 Å². The summed E-state index contributed by atoms with van der Waals surface area (Å²) in [6, 6.07) is 2.56. The summed E-state index contributed by atoms with van der Waals surface area (Å²) in [5.74, 6) is -0.519. The quantitative estimate of drug-likeness (QED) is 0.277. The Labute approximate surface area is 80.6 Å². The summed E-state index contributed by atoms with van der Waals surface area (Å²) >= 11 is 4.04. The summed E-state index contributed by atoms with van der Waals surface area (Å²) in [4.78, 5) is 0.430. The van der Waals surface area contributed by atoms with Gasteiger partial charge in [0.05, 0.1) is 5.69 Å². The highest BCUT2D eigenvalue weighted by atomic mass is 32.1. The minimum Gasteiger partial charge on any atom is -0.504 e. The van der Waals surface area contributed by atoms with Gasteiger partial charge in [0.25, 0.3) is 0 Å². The van der Waals surface area contributed by atoms with Crippen molar-refractivity contribution >= 4 is 18.3 Å². The third-order valence-electron chi connectivity index (χ3n) is 1.58. The lowest BCUT2D eigenvalue weighted by atomic mass is 10.2. The molecule has 0 bridgehead atoms. The van der Waals surface area contributed by atoms with Crippen LogP contribution in [0.3, 0.4) is 0 Å². The number of phenols is 2. The summed E-state index contributed by atoms with van der Waals surface area (Å²) in [5, 5.41) is 28.0. The topological polar surface area (TPSA) is 76.0 Å². The molecule has 1 aromatic carbocycles.